The first-order valence-corrected chi connectivity index (χ1v) is 9.76. The molecule has 2 aromatic rings. The molecule has 0 saturated carbocycles. The van der Waals surface area contributed by atoms with E-state index in [0.29, 0.717) is 15.7 Å². The molecule has 0 fully saturated rings. The second kappa shape index (κ2) is 8.17. The third-order valence-electron chi connectivity index (χ3n) is 4.16. The number of carbonyl (C=O) groups excluding carboxylic acids is 1. The number of fused-ring (bicyclic) bond motifs is 1. The van der Waals surface area contributed by atoms with Crippen molar-refractivity contribution >= 4 is 56.9 Å². The molecule has 0 unspecified atom stereocenters. The monoisotopic (exact) mass is 394 g/mol. The predicted molar refractivity (Wildman–Crippen MR) is 108 cm³/mol. The maximum Gasteiger partial charge on any atom is 0.341 e. The van der Waals surface area contributed by atoms with Gasteiger partial charge in [-0.25, -0.2) is 4.79 Å². The van der Waals surface area contributed by atoms with Crippen molar-refractivity contribution < 1.29 is 9.53 Å². The summed E-state index contributed by atoms with van der Waals surface area (Å²) < 4.78 is 5.00. The highest BCUT2D eigenvalue weighted by atomic mass is 35.5. The average Bonchev–Trinajstić information content (AvgIpc) is 2.77. The van der Waals surface area contributed by atoms with Gasteiger partial charge in [0.15, 0.2) is 5.11 Å². The molecule has 0 atom stereocenters. The van der Waals surface area contributed by atoms with Crippen LogP contribution in [-0.4, -0.2) is 18.2 Å². The summed E-state index contributed by atoms with van der Waals surface area (Å²) in [5, 5.41) is 7.96. The van der Waals surface area contributed by atoms with Crippen LogP contribution in [0.3, 0.4) is 0 Å². The van der Waals surface area contributed by atoms with Gasteiger partial charge < -0.3 is 15.4 Å². The summed E-state index contributed by atoms with van der Waals surface area (Å²) in [7, 11) is 1.41. The number of thiocarbonyl (C=S) groups is 1. The number of esters is 1. The molecule has 0 bridgehead atoms. The number of nitrogens with one attached hydrogen (secondary N) is 2. The van der Waals surface area contributed by atoms with Gasteiger partial charge in [-0.3, -0.25) is 0 Å². The molecule has 1 aromatic heterocycles. The SMILES string of the molecule is COC(=O)c1c(NC(=S)Nc2ccccc2Cl)sc2c1CCCCC2. The first-order valence-electron chi connectivity index (χ1n) is 8.15. The average molecular weight is 395 g/mol. The quantitative estimate of drug-likeness (QED) is 0.422. The lowest BCUT2D eigenvalue weighted by atomic mass is 10.1. The van der Waals surface area contributed by atoms with Crippen LogP contribution in [0.2, 0.25) is 5.02 Å². The van der Waals surface area contributed by atoms with Crippen molar-refractivity contribution in [3.8, 4) is 0 Å². The molecule has 25 heavy (non-hydrogen) atoms. The minimum atomic E-state index is -0.317. The summed E-state index contributed by atoms with van der Waals surface area (Å²) in [4.78, 5) is 13.6. The standard InChI is InChI=1S/C18H19ClN2O2S2/c1-23-17(22)15-11-7-3-2-4-10-14(11)25-16(15)21-18(24)20-13-9-6-5-8-12(13)19/h5-6,8-9H,2-4,7,10H2,1H3,(H2,20,21,24). The maximum absolute atomic E-state index is 12.3. The number of aryl methyl sites for hydroxylation is 1. The Bertz CT molecular complexity index is 804. The molecule has 0 spiro atoms. The molecule has 0 amide bonds. The van der Waals surface area contributed by atoms with Crippen molar-refractivity contribution in [3.63, 3.8) is 0 Å². The lowest BCUT2D eigenvalue weighted by Gasteiger charge is -2.12. The van der Waals surface area contributed by atoms with E-state index in [-0.39, 0.29) is 5.97 Å². The summed E-state index contributed by atoms with van der Waals surface area (Å²) in [6.07, 6.45) is 5.33. The number of hydrogen-bond acceptors (Lipinski definition) is 4. The number of carbonyl (C=O) groups is 1. The molecule has 7 heteroatoms. The van der Waals surface area contributed by atoms with Gasteiger partial charge in [0.2, 0.25) is 0 Å². The van der Waals surface area contributed by atoms with E-state index >= 15 is 0 Å². The van der Waals surface area contributed by atoms with Crippen LogP contribution in [0.4, 0.5) is 10.7 Å². The van der Waals surface area contributed by atoms with E-state index in [9.17, 15) is 4.79 Å². The fourth-order valence-electron chi connectivity index (χ4n) is 2.97. The number of anilines is 2. The molecule has 1 heterocycles. The summed E-state index contributed by atoms with van der Waals surface area (Å²) in [6, 6.07) is 7.38. The number of halogens is 1. The lowest BCUT2D eigenvalue weighted by molar-refractivity contribution is 0.0601. The molecular weight excluding hydrogens is 376 g/mol. The van der Waals surface area contributed by atoms with Crippen LogP contribution in [0.5, 0.6) is 0 Å². The molecule has 1 aliphatic rings. The first-order chi connectivity index (χ1) is 12.1. The maximum atomic E-state index is 12.3. The molecule has 0 saturated heterocycles. The van der Waals surface area contributed by atoms with Crippen LogP contribution in [0.25, 0.3) is 0 Å². The van der Waals surface area contributed by atoms with Crippen molar-refractivity contribution in [2.24, 2.45) is 0 Å². The zero-order valence-electron chi connectivity index (χ0n) is 13.9. The minimum Gasteiger partial charge on any atom is -0.465 e. The molecule has 4 nitrogen and oxygen atoms in total. The molecule has 0 radical (unpaired) electrons. The largest absolute Gasteiger partial charge is 0.465 e. The zero-order valence-corrected chi connectivity index (χ0v) is 16.2. The smallest absolute Gasteiger partial charge is 0.341 e. The van der Waals surface area contributed by atoms with Crippen molar-refractivity contribution in [3.05, 3.63) is 45.3 Å². The first kappa shape index (κ1) is 18.2. The topological polar surface area (TPSA) is 50.4 Å². The third-order valence-corrected chi connectivity index (χ3v) is 5.90. The normalized spacial score (nSPS) is 13.5. The molecule has 132 valence electrons. The Hall–Kier alpha value is -1.63. The van der Waals surface area contributed by atoms with E-state index in [2.05, 4.69) is 10.6 Å². The van der Waals surface area contributed by atoms with Gasteiger partial charge in [0.05, 0.1) is 23.4 Å². The lowest BCUT2D eigenvalue weighted by Crippen LogP contribution is -2.20. The van der Waals surface area contributed by atoms with Crippen LogP contribution >= 0.6 is 35.2 Å². The van der Waals surface area contributed by atoms with Crippen LogP contribution in [0.1, 0.15) is 40.1 Å². The highest BCUT2D eigenvalue weighted by Gasteiger charge is 2.25. The number of rotatable bonds is 3. The summed E-state index contributed by atoms with van der Waals surface area (Å²) in [5.41, 5.74) is 2.45. The van der Waals surface area contributed by atoms with E-state index in [0.717, 1.165) is 41.9 Å². The molecule has 1 aromatic carbocycles. The van der Waals surface area contributed by atoms with Crippen molar-refractivity contribution in [1.82, 2.24) is 0 Å². The van der Waals surface area contributed by atoms with Gasteiger partial charge in [-0.2, -0.15) is 0 Å². The zero-order chi connectivity index (χ0) is 17.8. The van der Waals surface area contributed by atoms with Gasteiger partial charge in [-0.05, 0) is 55.6 Å². The van der Waals surface area contributed by atoms with Crippen LogP contribution in [0.15, 0.2) is 24.3 Å². The third kappa shape index (κ3) is 4.14. The number of methoxy groups -OCH3 is 1. The molecular formula is C18H19ClN2O2S2. The molecule has 2 N–H and O–H groups in total. The van der Waals surface area contributed by atoms with Gasteiger partial charge in [-0.15, -0.1) is 11.3 Å². The molecule has 1 aliphatic carbocycles. The number of benzene rings is 1. The van der Waals surface area contributed by atoms with E-state index in [1.807, 2.05) is 18.2 Å². The summed E-state index contributed by atoms with van der Waals surface area (Å²) >= 11 is 13.1. The van der Waals surface area contributed by atoms with Crippen molar-refractivity contribution in [2.75, 3.05) is 17.7 Å². The van der Waals surface area contributed by atoms with Crippen LogP contribution in [-0.2, 0) is 17.6 Å². The second-order valence-electron chi connectivity index (χ2n) is 5.82. The molecule has 3 rings (SSSR count). The summed E-state index contributed by atoms with van der Waals surface area (Å²) in [6.45, 7) is 0. The second-order valence-corrected chi connectivity index (χ2v) is 7.74. The fourth-order valence-corrected chi connectivity index (χ4v) is 4.71. The Balaban J connectivity index is 1.85. The van der Waals surface area contributed by atoms with Gasteiger partial charge in [-0.1, -0.05) is 30.2 Å². The Kier molecular flexibility index (Phi) is 5.93. The van der Waals surface area contributed by atoms with E-state index in [1.54, 1.807) is 17.4 Å². The number of para-hydroxylation sites is 1. The van der Waals surface area contributed by atoms with Crippen LogP contribution in [0, 0.1) is 0 Å². The number of thiophene rings is 1. The fraction of sp³-hybridized carbons (Fsp3) is 0.333. The van der Waals surface area contributed by atoms with Gasteiger partial charge >= 0.3 is 5.97 Å². The van der Waals surface area contributed by atoms with Gasteiger partial charge in [0.25, 0.3) is 0 Å². The Morgan fingerprint density at radius 2 is 1.96 bits per heavy atom. The Morgan fingerprint density at radius 3 is 2.72 bits per heavy atom. The molecule has 0 aliphatic heterocycles. The van der Waals surface area contributed by atoms with Crippen molar-refractivity contribution in [1.29, 1.82) is 0 Å². The highest BCUT2D eigenvalue weighted by Crippen LogP contribution is 2.38. The number of hydrogen-bond donors (Lipinski definition) is 2. The predicted octanol–water partition coefficient (Wildman–Crippen LogP) is 5.27. The van der Waals surface area contributed by atoms with Crippen LogP contribution < -0.4 is 10.6 Å². The van der Waals surface area contributed by atoms with Gasteiger partial charge in [0.1, 0.15) is 5.00 Å². The Labute approximate surface area is 161 Å². The number of ether oxygens (including phenoxy) is 1. The van der Waals surface area contributed by atoms with E-state index in [4.69, 9.17) is 28.6 Å². The van der Waals surface area contributed by atoms with E-state index < -0.39 is 0 Å². The highest BCUT2D eigenvalue weighted by molar-refractivity contribution is 7.80. The Morgan fingerprint density at radius 1 is 1.20 bits per heavy atom. The van der Waals surface area contributed by atoms with Crippen molar-refractivity contribution in [2.45, 2.75) is 32.1 Å². The van der Waals surface area contributed by atoms with E-state index in [1.165, 1.54) is 18.4 Å². The van der Waals surface area contributed by atoms with Gasteiger partial charge in [0, 0.05) is 4.88 Å². The minimum absolute atomic E-state index is 0.317. The summed E-state index contributed by atoms with van der Waals surface area (Å²) in [5.74, 6) is -0.317.